The summed E-state index contributed by atoms with van der Waals surface area (Å²) in [5.41, 5.74) is 0.704. The summed E-state index contributed by atoms with van der Waals surface area (Å²) < 4.78 is 5.32. The maximum atomic E-state index is 13.0. The molecule has 138 valence electrons. The van der Waals surface area contributed by atoms with Crippen LogP contribution in [0.5, 0.6) is 0 Å². The molecule has 4 nitrogen and oxygen atoms in total. The molecule has 6 heteroatoms. The summed E-state index contributed by atoms with van der Waals surface area (Å²) in [6.07, 6.45) is 1.13. The molecule has 0 saturated carbocycles. The van der Waals surface area contributed by atoms with E-state index >= 15 is 0 Å². The second-order valence-corrected chi connectivity index (χ2v) is 8.95. The Morgan fingerprint density at radius 3 is 2.60 bits per heavy atom. The fraction of sp³-hybridized carbons (Fsp3) is 0.579. The Hall–Kier alpha value is -1.20. The maximum absolute atomic E-state index is 13.0. The van der Waals surface area contributed by atoms with Crippen LogP contribution in [-0.4, -0.2) is 35.2 Å². The number of ether oxygens (including phenoxy) is 1. The molecule has 2 rings (SSSR count). The fourth-order valence-corrected chi connectivity index (χ4v) is 4.53. The van der Waals surface area contributed by atoms with Crippen molar-refractivity contribution < 1.29 is 14.3 Å². The van der Waals surface area contributed by atoms with Crippen molar-refractivity contribution in [1.29, 1.82) is 0 Å². The highest BCUT2D eigenvalue weighted by molar-refractivity contribution is 7.99. The number of nitrogens with zero attached hydrogens (tertiary/aromatic N) is 1. The first-order valence-electron chi connectivity index (χ1n) is 8.58. The van der Waals surface area contributed by atoms with Gasteiger partial charge in [-0.05, 0) is 17.9 Å². The highest BCUT2D eigenvalue weighted by Crippen LogP contribution is 2.45. The van der Waals surface area contributed by atoms with Gasteiger partial charge in [-0.1, -0.05) is 57.5 Å². The minimum Gasteiger partial charge on any atom is -0.464 e. The minimum absolute atomic E-state index is 0.0409. The maximum Gasteiger partial charge on any atom is 0.329 e. The smallest absolute Gasteiger partial charge is 0.329 e. The Morgan fingerprint density at radius 1 is 1.32 bits per heavy atom. The van der Waals surface area contributed by atoms with E-state index in [0.29, 0.717) is 23.8 Å². The summed E-state index contributed by atoms with van der Waals surface area (Å²) in [4.78, 5) is 27.2. The third-order valence-corrected chi connectivity index (χ3v) is 5.51. The van der Waals surface area contributed by atoms with E-state index in [0.717, 1.165) is 12.0 Å². The molecule has 1 saturated heterocycles. The van der Waals surface area contributed by atoms with Crippen molar-refractivity contribution in [2.45, 2.75) is 52.0 Å². The third-order valence-electron chi connectivity index (χ3n) is 3.86. The molecule has 1 aliphatic rings. The first kappa shape index (κ1) is 20.1. The van der Waals surface area contributed by atoms with Crippen LogP contribution in [0.15, 0.2) is 24.3 Å². The van der Waals surface area contributed by atoms with Gasteiger partial charge in [-0.25, -0.2) is 4.79 Å². The van der Waals surface area contributed by atoms with Gasteiger partial charge >= 0.3 is 5.97 Å². The molecular weight excluding hydrogens is 358 g/mol. The molecule has 1 aromatic rings. The molecule has 1 fully saturated rings. The molecule has 0 aromatic heterocycles. The number of halogens is 1. The third kappa shape index (κ3) is 5.14. The number of carbonyl (C=O) groups excluding carboxylic acids is 2. The summed E-state index contributed by atoms with van der Waals surface area (Å²) in [6, 6.07) is 6.92. The van der Waals surface area contributed by atoms with Gasteiger partial charge in [0.15, 0.2) is 0 Å². The van der Waals surface area contributed by atoms with Crippen molar-refractivity contribution in [1.82, 2.24) is 4.90 Å². The molecule has 2 atom stereocenters. The van der Waals surface area contributed by atoms with Gasteiger partial charge in [-0.3, -0.25) is 4.79 Å². The van der Waals surface area contributed by atoms with Crippen molar-refractivity contribution in [3.05, 3.63) is 34.9 Å². The lowest BCUT2D eigenvalue weighted by molar-refractivity contribution is -0.154. The van der Waals surface area contributed by atoms with Crippen molar-refractivity contribution in [3.63, 3.8) is 0 Å². The SMILES string of the molecule is CCCOC(=O)[C@@H]1CS[C@H](c2ccccc2Cl)N1C(=O)CC(C)(C)C. The van der Waals surface area contributed by atoms with Crippen LogP contribution in [0, 0.1) is 5.41 Å². The molecule has 0 radical (unpaired) electrons. The number of carbonyl (C=O) groups is 2. The first-order valence-corrected chi connectivity index (χ1v) is 10.0. The topological polar surface area (TPSA) is 46.6 Å². The van der Waals surface area contributed by atoms with Crippen LogP contribution in [0.2, 0.25) is 5.02 Å². The Balaban J connectivity index is 2.31. The zero-order valence-corrected chi connectivity index (χ0v) is 16.8. The van der Waals surface area contributed by atoms with E-state index in [-0.39, 0.29) is 22.7 Å². The predicted octanol–water partition coefficient (Wildman–Crippen LogP) is 4.67. The largest absolute Gasteiger partial charge is 0.464 e. The molecule has 1 aromatic carbocycles. The molecule has 25 heavy (non-hydrogen) atoms. The average Bonchev–Trinajstić information content (AvgIpc) is 2.96. The second-order valence-electron chi connectivity index (χ2n) is 7.43. The lowest BCUT2D eigenvalue weighted by atomic mass is 9.91. The molecular formula is C19H26ClNO3S. The van der Waals surface area contributed by atoms with Crippen molar-refractivity contribution >= 4 is 35.2 Å². The number of rotatable bonds is 5. The average molecular weight is 384 g/mol. The normalized spacial score (nSPS) is 20.6. The molecule has 0 spiro atoms. The highest BCUT2D eigenvalue weighted by Gasteiger charge is 2.44. The molecule has 0 N–H and O–H groups in total. The van der Waals surface area contributed by atoms with Crippen molar-refractivity contribution in [2.75, 3.05) is 12.4 Å². The standard InChI is InChI=1S/C19H26ClNO3S/c1-5-10-24-18(23)15-12-25-17(13-8-6-7-9-14(13)20)21(15)16(22)11-19(2,3)4/h6-9,15,17H,5,10-12H2,1-4H3/t15-,17+/m0/s1. The quantitative estimate of drug-likeness (QED) is 0.693. The summed E-state index contributed by atoms with van der Waals surface area (Å²) in [5, 5.41) is 0.346. The van der Waals surface area contributed by atoms with Gasteiger partial charge in [0.05, 0.1) is 6.61 Å². The molecule has 1 heterocycles. The summed E-state index contributed by atoms with van der Waals surface area (Å²) >= 11 is 7.91. The van der Waals surface area contributed by atoms with Crippen LogP contribution in [-0.2, 0) is 14.3 Å². The predicted molar refractivity (Wildman–Crippen MR) is 103 cm³/mol. The molecule has 1 aliphatic heterocycles. The number of benzene rings is 1. The number of esters is 1. The van der Waals surface area contributed by atoms with E-state index in [2.05, 4.69) is 0 Å². The molecule has 0 bridgehead atoms. The number of hydrogen-bond donors (Lipinski definition) is 0. The van der Waals surface area contributed by atoms with Gasteiger partial charge in [-0.2, -0.15) is 0 Å². The van der Waals surface area contributed by atoms with E-state index in [4.69, 9.17) is 16.3 Å². The number of hydrogen-bond acceptors (Lipinski definition) is 4. The number of thioether (sulfide) groups is 1. The molecule has 1 amide bonds. The van der Waals surface area contributed by atoms with Crippen LogP contribution < -0.4 is 0 Å². The first-order chi connectivity index (χ1) is 11.7. The molecule has 0 aliphatic carbocycles. The van der Waals surface area contributed by atoms with Crippen LogP contribution in [0.25, 0.3) is 0 Å². The Bertz CT molecular complexity index is 629. The van der Waals surface area contributed by atoms with E-state index < -0.39 is 6.04 Å². The van der Waals surface area contributed by atoms with Gasteiger partial charge in [0.2, 0.25) is 5.91 Å². The van der Waals surface area contributed by atoms with Crippen LogP contribution in [0.1, 0.15) is 51.5 Å². The highest BCUT2D eigenvalue weighted by atomic mass is 35.5. The van der Waals surface area contributed by atoms with Gasteiger partial charge in [0, 0.05) is 22.8 Å². The lowest BCUT2D eigenvalue weighted by Crippen LogP contribution is -2.45. The van der Waals surface area contributed by atoms with Crippen LogP contribution in [0.4, 0.5) is 0 Å². The van der Waals surface area contributed by atoms with Crippen molar-refractivity contribution in [2.24, 2.45) is 5.41 Å². The lowest BCUT2D eigenvalue weighted by Gasteiger charge is -2.31. The van der Waals surface area contributed by atoms with E-state index in [1.165, 1.54) is 0 Å². The minimum atomic E-state index is -0.562. The second kappa shape index (κ2) is 8.45. The van der Waals surface area contributed by atoms with E-state index in [1.807, 2.05) is 52.0 Å². The van der Waals surface area contributed by atoms with Crippen molar-refractivity contribution in [3.8, 4) is 0 Å². The van der Waals surface area contributed by atoms with Crippen LogP contribution >= 0.6 is 23.4 Å². The zero-order chi connectivity index (χ0) is 18.6. The number of amides is 1. The monoisotopic (exact) mass is 383 g/mol. The fourth-order valence-electron chi connectivity index (χ4n) is 2.75. The van der Waals surface area contributed by atoms with Crippen LogP contribution in [0.3, 0.4) is 0 Å². The summed E-state index contributed by atoms with van der Waals surface area (Å²) in [5.74, 6) is 0.154. The van der Waals surface area contributed by atoms with Gasteiger partial charge < -0.3 is 9.64 Å². The van der Waals surface area contributed by atoms with Gasteiger partial charge in [0.1, 0.15) is 11.4 Å². The Labute approximate surface area is 159 Å². The summed E-state index contributed by atoms with van der Waals surface area (Å²) in [7, 11) is 0. The summed E-state index contributed by atoms with van der Waals surface area (Å²) in [6.45, 7) is 8.37. The molecule has 0 unspecified atom stereocenters. The van der Waals surface area contributed by atoms with E-state index in [1.54, 1.807) is 16.7 Å². The zero-order valence-electron chi connectivity index (χ0n) is 15.3. The Kier molecular flexibility index (Phi) is 6.80. The van der Waals surface area contributed by atoms with Gasteiger partial charge in [0.25, 0.3) is 0 Å². The Morgan fingerprint density at radius 2 is 2.00 bits per heavy atom. The van der Waals surface area contributed by atoms with Gasteiger partial charge in [-0.15, -0.1) is 11.8 Å². The van der Waals surface area contributed by atoms with E-state index in [9.17, 15) is 9.59 Å².